The molecule has 58 valence electrons. The summed E-state index contributed by atoms with van der Waals surface area (Å²) < 4.78 is 5.46. The maximum atomic E-state index is 5.46. The summed E-state index contributed by atoms with van der Waals surface area (Å²) in [5.74, 6) is 0.924. The van der Waals surface area contributed by atoms with Gasteiger partial charge in [0, 0.05) is 11.9 Å². The Hall–Kier alpha value is 0.440. The summed E-state index contributed by atoms with van der Waals surface area (Å²) in [5, 5.41) is 1.18. The van der Waals surface area contributed by atoms with E-state index in [9.17, 15) is 0 Å². The highest BCUT2D eigenvalue weighted by Gasteiger charge is 2.53. The molecule has 1 spiro atoms. The van der Waals surface area contributed by atoms with Gasteiger partial charge >= 0.3 is 0 Å². The molecular formula is C8H13BrO. The number of hydrogen-bond donors (Lipinski definition) is 0. The third-order valence-corrected chi connectivity index (χ3v) is 3.68. The van der Waals surface area contributed by atoms with E-state index in [-0.39, 0.29) is 0 Å². The molecule has 0 radical (unpaired) electrons. The summed E-state index contributed by atoms with van der Waals surface area (Å²) in [4.78, 5) is 0. The summed E-state index contributed by atoms with van der Waals surface area (Å²) >= 11 is 3.53. The summed E-state index contributed by atoms with van der Waals surface area (Å²) in [7, 11) is 0. The predicted octanol–water partition coefficient (Wildman–Crippen LogP) is 2.20. The number of halogens is 1. The molecule has 1 nitrogen and oxygen atoms in total. The van der Waals surface area contributed by atoms with Crippen molar-refractivity contribution < 1.29 is 4.74 Å². The highest BCUT2D eigenvalue weighted by Crippen LogP contribution is 2.57. The van der Waals surface area contributed by atoms with Gasteiger partial charge in [-0.05, 0) is 30.6 Å². The minimum atomic E-state index is 0.627. The quantitative estimate of drug-likeness (QED) is 0.596. The molecule has 1 saturated carbocycles. The average molecular weight is 205 g/mol. The Bertz CT molecular complexity index is 129. The number of alkyl halides is 1. The Morgan fingerprint density at radius 3 is 3.00 bits per heavy atom. The first-order valence-electron chi connectivity index (χ1n) is 4.01. The molecule has 2 heteroatoms. The smallest absolute Gasteiger partial charge is 0.0525 e. The zero-order valence-corrected chi connectivity index (χ0v) is 7.69. The predicted molar refractivity (Wildman–Crippen MR) is 44.4 cm³/mol. The van der Waals surface area contributed by atoms with Crippen molar-refractivity contribution in [2.45, 2.75) is 19.3 Å². The zero-order chi connectivity index (χ0) is 7.03. The molecule has 2 atom stereocenters. The Labute approximate surface area is 70.3 Å². The van der Waals surface area contributed by atoms with Crippen LogP contribution in [0.2, 0.25) is 0 Å². The van der Waals surface area contributed by atoms with Gasteiger partial charge in [-0.3, -0.25) is 0 Å². The summed E-state index contributed by atoms with van der Waals surface area (Å²) in [6.07, 6.45) is 4.09. The van der Waals surface area contributed by atoms with Gasteiger partial charge in [-0.2, -0.15) is 0 Å². The van der Waals surface area contributed by atoms with Gasteiger partial charge in [0.2, 0.25) is 0 Å². The Morgan fingerprint density at radius 2 is 2.50 bits per heavy atom. The van der Waals surface area contributed by atoms with Crippen molar-refractivity contribution in [2.24, 2.45) is 11.3 Å². The van der Waals surface area contributed by atoms with E-state index in [1.807, 2.05) is 0 Å². The van der Waals surface area contributed by atoms with Crippen LogP contribution in [0.4, 0.5) is 0 Å². The SMILES string of the molecule is BrCC1CC12CCCOC2. The van der Waals surface area contributed by atoms with Gasteiger partial charge < -0.3 is 4.74 Å². The Morgan fingerprint density at radius 1 is 1.60 bits per heavy atom. The molecule has 1 heterocycles. The first-order valence-corrected chi connectivity index (χ1v) is 5.13. The van der Waals surface area contributed by atoms with Crippen LogP contribution in [0, 0.1) is 11.3 Å². The third kappa shape index (κ3) is 1.02. The number of rotatable bonds is 1. The van der Waals surface area contributed by atoms with Gasteiger partial charge in [-0.25, -0.2) is 0 Å². The summed E-state index contributed by atoms with van der Waals surface area (Å²) in [6, 6.07) is 0. The van der Waals surface area contributed by atoms with E-state index < -0.39 is 0 Å². The van der Waals surface area contributed by atoms with Crippen LogP contribution in [-0.4, -0.2) is 18.5 Å². The topological polar surface area (TPSA) is 9.23 Å². The van der Waals surface area contributed by atoms with Crippen molar-refractivity contribution in [3.63, 3.8) is 0 Å². The second-order valence-electron chi connectivity index (χ2n) is 3.57. The molecule has 1 aliphatic heterocycles. The summed E-state index contributed by atoms with van der Waals surface area (Å²) in [5.41, 5.74) is 0.627. The van der Waals surface area contributed by atoms with Crippen molar-refractivity contribution in [2.75, 3.05) is 18.5 Å². The summed E-state index contributed by atoms with van der Waals surface area (Å²) in [6.45, 7) is 2.03. The zero-order valence-electron chi connectivity index (χ0n) is 6.11. The van der Waals surface area contributed by atoms with E-state index in [4.69, 9.17) is 4.74 Å². The Kier molecular flexibility index (Phi) is 1.77. The van der Waals surface area contributed by atoms with E-state index in [1.165, 1.54) is 24.6 Å². The van der Waals surface area contributed by atoms with E-state index >= 15 is 0 Å². The van der Waals surface area contributed by atoms with Gasteiger partial charge in [0.25, 0.3) is 0 Å². The van der Waals surface area contributed by atoms with Crippen molar-refractivity contribution in [3.05, 3.63) is 0 Å². The highest BCUT2D eigenvalue weighted by molar-refractivity contribution is 9.09. The molecule has 2 fully saturated rings. The second-order valence-corrected chi connectivity index (χ2v) is 4.22. The molecule has 0 aromatic carbocycles. The molecule has 0 amide bonds. The molecule has 1 aliphatic carbocycles. The van der Waals surface area contributed by atoms with Crippen molar-refractivity contribution in [1.29, 1.82) is 0 Å². The van der Waals surface area contributed by atoms with E-state index in [1.54, 1.807) is 0 Å². The minimum absolute atomic E-state index is 0.627. The van der Waals surface area contributed by atoms with Gasteiger partial charge in [-0.1, -0.05) is 15.9 Å². The van der Waals surface area contributed by atoms with Crippen LogP contribution in [0.3, 0.4) is 0 Å². The van der Waals surface area contributed by atoms with Gasteiger partial charge in [0.1, 0.15) is 0 Å². The number of ether oxygens (including phenoxy) is 1. The standard InChI is InChI=1S/C8H13BrO/c9-5-7-4-8(7)2-1-3-10-6-8/h7H,1-6H2. The monoisotopic (exact) mass is 204 g/mol. The third-order valence-electron chi connectivity index (χ3n) is 2.90. The van der Waals surface area contributed by atoms with Crippen LogP contribution >= 0.6 is 15.9 Å². The normalized spacial score (nSPS) is 45.9. The lowest BCUT2D eigenvalue weighted by Gasteiger charge is -2.22. The molecular weight excluding hydrogens is 192 g/mol. The molecule has 1 saturated heterocycles. The largest absolute Gasteiger partial charge is 0.381 e. The number of hydrogen-bond acceptors (Lipinski definition) is 1. The minimum Gasteiger partial charge on any atom is -0.381 e. The molecule has 2 aliphatic rings. The van der Waals surface area contributed by atoms with Crippen molar-refractivity contribution in [1.82, 2.24) is 0 Å². The van der Waals surface area contributed by atoms with Crippen LogP contribution in [0.25, 0.3) is 0 Å². The lowest BCUT2D eigenvalue weighted by Crippen LogP contribution is -2.20. The molecule has 2 unspecified atom stereocenters. The molecule has 0 bridgehead atoms. The fourth-order valence-corrected chi connectivity index (χ4v) is 2.92. The van der Waals surface area contributed by atoms with E-state index in [0.717, 1.165) is 19.1 Å². The first kappa shape index (κ1) is 7.11. The van der Waals surface area contributed by atoms with Crippen molar-refractivity contribution >= 4 is 15.9 Å². The van der Waals surface area contributed by atoms with Crippen LogP contribution in [0.5, 0.6) is 0 Å². The van der Waals surface area contributed by atoms with E-state index in [0.29, 0.717) is 5.41 Å². The van der Waals surface area contributed by atoms with Gasteiger partial charge in [0.05, 0.1) is 6.61 Å². The van der Waals surface area contributed by atoms with Crippen LogP contribution in [0.1, 0.15) is 19.3 Å². The second kappa shape index (κ2) is 2.49. The molecule has 0 N–H and O–H groups in total. The maximum Gasteiger partial charge on any atom is 0.0525 e. The molecule has 10 heavy (non-hydrogen) atoms. The van der Waals surface area contributed by atoms with Crippen LogP contribution in [0.15, 0.2) is 0 Å². The Balaban J connectivity index is 1.92. The van der Waals surface area contributed by atoms with E-state index in [2.05, 4.69) is 15.9 Å². The van der Waals surface area contributed by atoms with Gasteiger partial charge in [-0.15, -0.1) is 0 Å². The molecule has 2 rings (SSSR count). The fraction of sp³-hybridized carbons (Fsp3) is 1.00. The molecule has 0 aromatic heterocycles. The lowest BCUT2D eigenvalue weighted by molar-refractivity contribution is 0.0378. The lowest BCUT2D eigenvalue weighted by atomic mass is 9.97. The van der Waals surface area contributed by atoms with Gasteiger partial charge in [0.15, 0.2) is 0 Å². The maximum absolute atomic E-state index is 5.46. The average Bonchev–Trinajstić information content (AvgIpc) is 2.65. The first-order chi connectivity index (χ1) is 4.87. The van der Waals surface area contributed by atoms with Crippen LogP contribution < -0.4 is 0 Å². The van der Waals surface area contributed by atoms with Crippen molar-refractivity contribution in [3.8, 4) is 0 Å². The van der Waals surface area contributed by atoms with Crippen LogP contribution in [-0.2, 0) is 4.74 Å². The fourth-order valence-electron chi connectivity index (χ4n) is 2.01. The highest BCUT2D eigenvalue weighted by atomic mass is 79.9. The molecule has 0 aromatic rings.